The molecule has 6 rings (SSSR count). The molecule has 3 fully saturated rings. The van der Waals surface area contributed by atoms with Crippen molar-refractivity contribution in [3.05, 3.63) is 59.7 Å². The van der Waals surface area contributed by atoms with Crippen molar-refractivity contribution in [2.75, 3.05) is 13.2 Å². The summed E-state index contributed by atoms with van der Waals surface area (Å²) < 4.78 is 5.67. The highest BCUT2D eigenvalue weighted by molar-refractivity contribution is 5.91. The number of aliphatic carboxylic acids is 1. The lowest BCUT2D eigenvalue weighted by molar-refractivity contribution is -0.150. The Morgan fingerprint density at radius 2 is 1.71 bits per heavy atom. The summed E-state index contributed by atoms with van der Waals surface area (Å²) in [7, 11) is 0. The third-order valence-electron chi connectivity index (χ3n) is 8.30. The van der Waals surface area contributed by atoms with E-state index >= 15 is 0 Å². The van der Waals surface area contributed by atoms with Crippen LogP contribution in [0.3, 0.4) is 0 Å². The summed E-state index contributed by atoms with van der Waals surface area (Å²) in [6, 6.07) is 15.6. The van der Waals surface area contributed by atoms with Crippen molar-refractivity contribution >= 4 is 18.0 Å². The molecule has 1 heterocycles. The van der Waals surface area contributed by atoms with Gasteiger partial charge in [-0.2, -0.15) is 0 Å². The number of likely N-dealkylation sites (tertiary alicyclic amines) is 1. The van der Waals surface area contributed by atoms with E-state index in [0.29, 0.717) is 19.4 Å². The highest BCUT2D eigenvalue weighted by Gasteiger charge is 2.66. The molecule has 7 nitrogen and oxygen atoms in total. The maximum Gasteiger partial charge on any atom is 0.407 e. The van der Waals surface area contributed by atoms with Crippen LogP contribution in [-0.2, 0) is 14.3 Å². The van der Waals surface area contributed by atoms with E-state index in [0.717, 1.165) is 19.3 Å². The molecule has 2 saturated carbocycles. The van der Waals surface area contributed by atoms with Crippen LogP contribution in [0.4, 0.5) is 4.79 Å². The van der Waals surface area contributed by atoms with Crippen LogP contribution >= 0.6 is 0 Å². The summed E-state index contributed by atoms with van der Waals surface area (Å²) in [5.41, 5.74) is 4.21. The Labute approximate surface area is 198 Å². The van der Waals surface area contributed by atoms with Gasteiger partial charge < -0.3 is 20.1 Å². The van der Waals surface area contributed by atoms with E-state index in [1.165, 1.54) is 22.3 Å². The number of hydrogen-bond donors (Lipinski definition) is 2. The van der Waals surface area contributed by atoms with E-state index in [1.807, 2.05) is 24.3 Å². The van der Waals surface area contributed by atoms with Crippen molar-refractivity contribution in [3.63, 3.8) is 0 Å². The van der Waals surface area contributed by atoms with Crippen LogP contribution in [-0.4, -0.2) is 53.2 Å². The lowest BCUT2D eigenvalue weighted by Crippen LogP contribution is -2.45. The molecule has 4 unspecified atom stereocenters. The molecule has 0 bridgehead atoms. The molecule has 1 aliphatic heterocycles. The number of hydrogen-bond acceptors (Lipinski definition) is 4. The minimum absolute atomic E-state index is 0.00571. The normalized spacial score (nSPS) is 28.7. The third kappa shape index (κ3) is 3.29. The Bertz CT molecular complexity index is 1130. The fraction of sp³-hybridized carbons (Fsp3) is 0.444. The van der Waals surface area contributed by atoms with Crippen molar-refractivity contribution in [2.24, 2.45) is 11.3 Å². The Morgan fingerprint density at radius 3 is 2.38 bits per heavy atom. The second kappa shape index (κ2) is 7.86. The molecule has 2 N–H and O–H groups in total. The van der Waals surface area contributed by atoms with Crippen LogP contribution in [0.1, 0.15) is 49.1 Å². The van der Waals surface area contributed by atoms with Crippen LogP contribution in [0.2, 0.25) is 0 Å². The first-order valence-electron chi connectivity index (χ1n) is 12.1. The van der Waals surface area contributed by atoms with Gasteiger partial charge in [0.1, 0.15) is 12.6 Å². The largest absolute Gasteiger partial charge is 0.480 e. The molecule has 0 aromatic heterocycles. The second-order valence-corrected chi connectivity index (χ2v) is 10.2. The van der Waals surface area contributed by atoms with E-state index < -0.39 is 23.5 Å². The SMILES string of the molecule is O=C(NC1CC2CC2(C(=O)N2CCCC2C(=O)O)C1)OCC1c2ccccc2-c2ccccc21. The number of alkyl carbamates (subject to hydrolysis) is 1. The number of nitrogens with one attached hydrogen (secondary N) is 1. The van der Waals surface area contributed by atoms with Crippen molar-refractivity contribution in [3.8, 4) is 11.1 Å². The van der Waals surface area contributed by atoms with Gasteiger partial charge in [-0.15, -0.1) is 0 Å². The van der Waals surface area contributed by atoms with Gasteiger partial charge in [0.2, 0.25) is 5.91 Å². The number of carbonyl (C=O) groups is 3. The summed E-state index contributed by atoms with van der Waals surface area (Å²) in [6.07, 6.45) is 2.87. The molecule has 2 aromatic rings. The quantitative estimate of drug-likeness (QED) is 0.708. The smallest absolute Gasteiger partial charge is 0.407 e. The fourth-order valence-corrected chi connectivity index (χ4v) is 6.62. The number of rotatable bonds is 5. The van der Waals surface area contributed by atoms with E-state index in [4.69, 9.17) is 4.74 Å². The van der Waals surface area contributed by atoms with Gasteiger partial charge in [0.25, 0.3) is 0 Å². The monoisotopic (exact) mass is 460 g/mol. The molecule has 7 heteroatoms. The number of carbonyl (C=O) groups excluding carboxylic acids is 2. The molecule has 34 heavy (non-hydrogen) atoms. The number of ether oxygens (including phenoxy) is 1. The molecule has 3 aliphatic carbocycles. The standard InChI is InChI=1S/C27H28N2O5/c30-24(31)23-10-5-11-29(23)25(32)27-13-16(27)12-17(14-27)28-26(33)34-15-22-20-8-3-1-6-18(20)19-7-2-4-9-21(19)22/h1-4,6-9,16-17,22-23H,5,10-15H2,(H,28,33)(H,30,31). The zero-order valence-corrected chi connectivity index (χ0v) is 18.9. The maximum absolute atomic E-state index is 13.2. The Balaban J connectivity index is 1.07. The Hall–Kier alpha value is -3.35. The Morgan fingerprint density at radius 1 is 1.03 bits per heavy atom. The number of nitrogens with zero attached hydrogens (tertiary/aromatic N) is 1. The van der Waals surface area contributed by atoms with Gasteiger partial charge in [0, 0.05) is 18.5 Å². The molecule has 0 spiro atoms. The van der Waals surface area contributed by atoms with Gasteiger partial charge >= 0.3 is 12.1 Å². The number of amides is 2. The fourth-order valence-electron chi connectivity index (χ4n) is 6.62. The molecule has 2 aromatic carbocycles. The summed E-state index contributed by atoms with van der Waals surface area (Å²) in [5, 5.41) is 12.4. The summed E-state index contributed by atoms with van der Waals surface area (Å²) in [6.45, 7) is 0.767. The van der Waals surface area contributed by atoms with E-state index in [1.54, 1.807) is 4.90 Å². The average Bonchev–Trinajstić information content (AvgIpc) is 3.18. The maximum atomic E-state index is 13.2. The lowest BCUT2D eigenvalue weighted by Gasteiger charge is -2.26. The molecular formula is C27H28N2O5. The number of carboxylic acid groups (broad SMARTS) is 1. The average molecular weight is 461 g/mol. The predicted molar refractivity (Wildman–Crippen MR) is 124 cm³/mol. The highest BCUT2D eigenvalue weighted by Crippen LogP contribution is 2.64. The molecule has 1 saturated heterocycles. The molecule has 176 valence electrons. The molecule has 0 radical (unpaired) electrons. The van der Waals surface area contributed by atoms with Crippen molar-refractivity contribution in [1.82, 2.24) is 10.2 Å². The predicted octanol–water partition coefficient (Wildman–Crippen LogP) is 3.77. The minimum atomic E-state index is -0.925. The number of carboxylic acids is 1. The van der Waals surface area contributed by atoms with Crippen LogP contribution in [0.25, 0.3) is 11.1 Å². The van der Waals surface area contributed by atoms with E-state index in [-0.39, 0.29) is 30.4 Å². The van der Waals surface area contributed by atoms with Gasteiger partial charge in [0.15, 0.2) is 0 Å². The number of benzene rings is 2. The van der Waals surface area contributed by atoms with Gasteiger partial charge in [-0.3, -0.25) is 4.79 Å². The topological polar surface area (TPSA) is 95.9 Å². The zero-order chi connectivity index (χ0) is 23.4. The van der Waals surface area contributed by atoms with Crippen LogP contribution < -0.4 is 5.32 Å². The van der Waals surface area contributed by atoms with Crippen molar-refractivity contribution in [1.29, 1.82) is 0 Å². The van der Waals surface area contributed by atoms with E-state index in [2.05, 4.69) is 29.6 Å². The van der Waals surface area contributed by atoms with E-state index in [9.17, 15) is 19.5 Å². The molecule has 2 amide bonds. The molecule has 4 atom stereocenters. The second-order valence-electron chi connectivity index (χ2n) is 10.2. The first-order valence-corrected chi connectivity index (χ1v) is 12.1. The van der Waals surface area contributed by atoms with Crippen molar-refractivity contribution in [2.45, 2.75) is 50.1 Å². The van der Waals surface area contributed by atoms with Gasteiger partial charge in [0.05, 0.1) is 5.41 Å². The van der Waals surface area contributed by atoms with Gasteiger partial charge in [-0.1, -0.05) is 48.5 Å². The minimum Gasteiger partial charge on any atom is -0.480 e. The van der Waals surface area contributed by atoms with Gasteiger partial charge in [-0.05, 0) is 60.3 Å². The third-order valence-corrected chi connectivity index (χ3v) is 8.30. The van der Waals surface area contributed by atoms with Gasteiger partial charge in [-0.25, -0.2) is 9.59 Å². The lowest BCUT2D eigenvalue weighted by atomic mass is 9.98. The van der Waals surface area contributed by atoms with Crippen LogP contribution in [0, 0.1) is 11.3 Å². The van der Waals surface area contributed by atoms with Crippen LogP contribution in [0.5, 0.6) is 0 Å². The molecular weight excluding hydrogens is 432 g/mol. The van der Waals surface area contributed by atoms with Crippen LogP contribution in [0.15, 0.2) is 48.5 Å². The molecule has 4 aliphatic rings. The highest BCUT2D eigenvalue weighted by atomic mass is 16.5. The first-order chi connectivity index (χ1) is 16.5. The summed E-state index contributed by atoms with van der Waals surface area (Å²) in [5.74, 6) is -0.745. The number of fused-ring (bicyclic) bond motifs is 4. The summed E-state index contributed by atoms with van der Waals surface area (Å²) >= 11 is 0. The first kappa shape index (κ1) is 21.2. The van der Waals surface area contributed by atoms with Crippen molar-refractivity contribution < 1.29 is 24.2 Å². The summed E-state index contributed by atoms with van der Waals surface area (Å²) in [4.78, 5) is 39.0. The zero-order valence-electron chi connectivity index (χ0n) is 18.9. The Kier molecular flexibility index (Phi) is 4.90.